The van der Waals surface area contributed by atoms with Gasteiger partial charge in [-0.15, -0.1) is 23.1 Å². The zero-order chi connectivity index (χ0) is 39.8. The second-order valence-electron chi connectivity index (χ2n) is 13.8. The summed E-state index contributed by atoms with van der Waals surface area (Å²) in [4.78, 5) is 57.0. The molecule has 6 rings (SSSR count). The van der Waals surface area contributed by atoms with Crippen molar-refractivity contribution in [1.29, 1.82) is 5.26 Å². The van der Waals surface area contributed by atoms with E-state index < -0.39 is 28.8 Å². The van der Waals surface area contributed by atoms with Crippen LogP contribution in [0.5, 0.6) is 0 Å². The summed E-state index contributed by atoms with van der Waals surface area (Å²) >= 11 is 6.01. The van der Waals surface area contributed by atoms with Crippen molar-refractivity contribution in [3.8, 4) is 6.07 Å². The molecule has 3 N–H and O–H groups in total. The topological polar surface area (TPSA) is 141 Å². The predicted octanol–water partition coefficient (Wildman–Crippen LogP) is 9.56. The number of thioether (sulfide) groups is 1. The van der Waals surface area contributed by atoms with E-state index in [2.05, 4.69) is 37.9 Å². The van der Waals surface area contributed by atoms with E-state index in [0.29, 0.717) is 45.2 Å². The highest BCUT2D eigenvalue weighted by molar-refractivity contribution is 9.10. The number of anilines is 2. The molecule has 0 bridgehead atoms. The van der Waals surface area contributed by atoms with Crippen LogP contribution in [0.4, 0.5) is 15.5 Å². The Hall–Kier alpha value is -5.68. The van der Waals surface area contributed by atoms with Crippen molar-refractivity contribution < 1.29 is 23.9 Å². The summed E-state index contributed by atoms with van der Waals surface area (Å²) in [5, 5.41) is 18.5. The van der Waals surface area contributed by atoms with E-state index in [-0.39, 0.29) is 18.1 Å². The van der Waals surface area contributed by atoms with Crippen LogP contribution in [0, 0.1) is 11.3 Å². The molecule has 1 unspecified atom stereocenters. The van der Waals surface area contributed by atoms with Crippen molar-refractivity contribution in [3.63, 3.8) is 0 Å². The van der Waals surface area contributed by atoms with Gasteiger partial charge in [-0.1, -0.05) is 82.7 Å². The summed E-state index contributed by atoms with van der Waals surface area (Å²) in [6.07, 6.45) is 1.65. The van der Waals surface area contributed by atoms with Crippen LogP contribution >= 0.6 is 39.0 Å². The molecule has 5 aromatic rings. The lowest BCUT2D eigenvalue weighted by atomic mass is 10.0. The van der Waals surface area contributed by atoms with E-state index in [1.54, 1.807) is 59.5 Å². The molecule has 1 aliphatic heterocycles. The maximum Gasteiger partial charge on any atom is 0.410 e. The molecule has 4 aromatic carbocycles. The van der Waals surface area contributed by atoms with E-state index in [1.807, 2.05) is 81.4 Å². The number of benzene rings is 4. The lowest BCUT2D eigenvalue weighted by molar-refractivity contribution is -0.116. The van der Waals surface area contributed by atoms with Gasteiger partial charge in [0.05, 0.1) is 12.1 Å². The Kier molecular flexibility index (Phi) is 12.7. The van der Waals surface area contributed by atoms with E-state index in [1.165, 1.54) is 23.1 Å². The number of ether oxygens (including phenoxy) is 1. The Bertz CT molecular complexity index is 2320. The van der Waals surface area contributed by atoms with Crippen molar-refractivity contribution in [2.75, 3.05) is 17.2 Å². The fourth-order valence-corrected chi connectivity index (χ4v) is 8.38. The molecule has 0 fully saturated rings. The average Bonchev–Trinajstić information content (AvgIpc) is 3.53. The maximum absolute atomic E-state index is 14.2. The van der Waals surface area contributed by atoms with Gasteiger partial charge in [0.1, 0.15) is 27.6 Å². The summed E-state index contributed by atoms with van der Waals surface area (Å²) in [6, 6.07) is 34.6. The first-order chi connectivity index (χ1) is 26.9. The highest BCUT2D eigenvalue weighted by atomic mass is 79.9. The van der Waals surface area contributed by atoms with Crippen LogP contribution in [0.3, 0.4) is 0 Å². The number of nitrogens with one attached hydrogen (secondary N) is 3. The molecule has 0 radical (unpaired) electrons. The van der Waals surface area contributed by atoms with E-state index in [9.17, 15) is 24.4 Å². The van der Waals surface area contributed by atoms with Gasteiger partial charge in [0.2, 0.25) is 5.91 Å². The summed E-state index contributed by atoms with van der Waals surface area (Å²) in [7, 11) is 0. The van der Waals surface area contributed by atoms with Crippen LogP contribution < -0.4 is 16.0 Å². The zero-order valence-electron chi connectivity index (χ0n) is 30.8. The number of amides is 4. The van der Waals surface area contributed by atoms with Crippen molar-refractivity contribution in [3.05, 3.63) is 152 Å². The monoisotopic (exact) mass is 847 g/mol. The van der Waals surface area contributed by atoms with E-state index in [4.69, 9.17) is 4.74 Å². The third-order valence-electron chi connectivity index (χ3n) is 8.45. The molecule has 0 spiro atoms. The lowest BCUT2D eigenvalue weighted by Gasteiger charge is -2.29. The van der Waals surface area contributed by atoms with Gasteiger partial charge >= 0.3 is 6.09 Å². The quantitative estimate of drug-likeness (QED) is 0.0940. The standard InChI is InChI=1S/C43H38BrN5O5S2/c1-43(2,3)54-42(53)49-22-21-33-34(25-45)41(56-36(33)26-49)48-40(52)37(28-11-6-4-7-12-28)55-32-16-10-15-31(24-32)46-39(51)35(23-27-17-19-30(44)20-18-27)47-38(50)29-13-8-5-9-14-29/h4-20,23-24,37H,21-22,26H2,1-3H3,(H,46,51)(H,47,50)(H,48,52)/b35-23+. The highest BCUT2D eigenvalue weighted by Gasteiger charge is 2.31. The zero-order valence-corrected chi connectivity index (χ0v) is 34.0. The molecule has 0 saturated heterocycles. The van der Waals surface area contributed by atoms with E-state index in [0.717, 1.165) is 20.5 Å². The number of nitrogens with zero attached hydrogens (tertiary/aromatic N) is 2. The predicted molar refractivity (Wildman–Crippen MR) is 224 cm³/mol. The first-order valence-electron chi connectivity index (χ1n) is 17.7. The molecule has 0 saturated carbocycles. The van der Waals surface area contributed by atoms with Crippen LogP contribution in [0.15, 0.2) is 124 Å². The van der Waals surface area contributed by atoms with Crippen LogP contribution in [-0.4, -0.2) is 40.9 Å². The third kappa shape index (κ3) is 10.3. The smallest absolute Gasteiger partial charge is 0.410 e. The molecule has 13 heteroatoms. The number of halogens is 1. The number of carbonyl (C=O) groups excluding carboxylic acids is 4. The van der Waals surface area contributed by atoms with Gasteiger partial charge in [-0.25, -0.2) is 4.79 Å². The Morgan fingerprint density at radius 2 is 1.62 bits per heavy atom. The largest absolute Gasteiger partial charge is 0.444 e. The Morgan fingerprint density at radius 3 is 2.30 bits per heavy atom. The number of fused-ring (bicyclic) bond motifs is 1. The third-order valence-corrected chi connectivity index (χ3v) is 11.4. The minimum Gasteiger partial charge on any atom is -0.444 e. The molecule has 284 valence electrons. The lowest BCUT2D eigenvalue weighted by Crippen LogP contribution is -2.39. The second kappa shape index (κ2) is 17.8. The minimum absolute atomic E-state index is 0.0435. The average molecular weight is 849 g/mol. The number of thiophene rings is 1. The highest BCUT2D eigenvalue weighted by Crippen LogP contribution is 2.41. The first-order valence-corrected chi connectivity index (χ1v) is 20.2. The summed E-state index contributed by atoms with van der Waals surface area (Å²) in [6.45, 7) is 6.13. The number of hydrogen-bond acceptors (Lipinski definition) is 8. The number of carbonyl (C=O) groups is 4. The van der Waals surface area contributed by atoms with Gasteiger partial charge in [0.15, 0.2) is 0 Å². The molecule has 10 nitrogen and oxygen atoms in total. The molecular formula is C43H38BrN5O5S2. The van der Waals surface area contributed by atoms with Gasteiger partial charge in [0, 0.05) is 32.0 Å². The fourth-order valence-electron chi connectivity index (χ4n) is 5.82. The SMILES string of the molecule is CC(C)(C)OC(=O)N1CCc2c(sc(NC(=O)C(Sc3cccc(NC(=O)/C(=C\c4ccc(Br)cc4)NC(=O)c4ccccc4)c3)c3ccccc3)c2C#N)C1. The molecule has 2 heterocycles. The Labute approximate surface area is 342 Å². The van der Waals surface area contributed by atoms with E-state index >= 15 is 0 Å². The molecular weight excluding hydrogens is 811 g/mol. The minimum atomic E-state index is -0.732. The molecule has 56 heavy (non-hydrogen) atoms. The molecule has 4 amide bonds. The second-order valence-corrected chi connectivity index (χ2v) is 17.0. The van der Waals surface area contributed by atoms with Crippen LogP contribution in [0.2, 0.25) is 0 Å². The van der Waals surface area contributed by atoms with Crippen molar-refractivity contribution >= 4 is 79.6 Å². The number of hydrogen-bond donors (Lipinski definition) is 3. The van der Waals surface area contributed by atoms with Crippen LogP contribution in [0.1, 0.15) is 63.5 Å². The Balaban J connectivity index is 1.21. The number of nitriles is 1. The molecule has 0 aliphatic carbocycles. The van der Waals surface area contributed by atoms with Crippen molar-refractivity contribution in [1.82, 2.24) is 10.2 Å². The van der Waals surface area contributed by atoms with Gasteiger partial charge < -0.3 is 25.6 Å². The van der Waals surface area contributed by atoms with Crippen molar-refractivity contribution in [2.24, 2.45) is 0 Å². The van der Waals surface area contributed by atoms with Gasteiger partial charge in [0.25, 0.3) is 11.8 Å². The molecule has 1 aromatic heterocycles. The molecule has 1 atom stereocenters. The van der Waals surface area contributed by atoms with Gasteiger partial charge in [-0.3, -0.25) is 14.4 Å². The van der Waals surface area contributed by atoms with Crippen molar-refractivity contribution in [2.45, 2.75) is 49.5 Å². The summed E-state index contributed by atoms with van der Waals surface area (Å²) < 4.78 is 6.44. The number of rotatable bonds is 10. The summed E-state index contributed by atoms with van der Waals surface area (Å²) in [5.74, 6) is -1.30. The molecule has 1 aliphatic rings. The normalized spacial score (nSPS) is 13.1. The maximum atomic E-state index is 14.2. The van der Waals surface area contributed by atoms with Gasteiger partial charge in [-0.05, 0) is 92.4 Å². The summed E-state index contributed by atoms with van der Waals surface area (Å²) in [5.41, 5.74) is 2.93. The van der Waals surface area contributed by atoms with Crippen LogP contribution in [0.25, 0.3) is 6.08 Å². The van der Waals surface area contributed by atoms with Gasteiger partial charge in [-0.2, -0.15) is 5.26 Å². The Morgan fingerprint density at radius 1 is 0.929 bits per heavy atom. The fraction of sp³-hybridized carbons (Fsp3) is 0.186. The first kappa shape index (κ1) is 40.0. The van der Waals surface area contributed by atoms with Crippen LogP contribution in [-0.2, 0) is 27.3 Å².